The van der Waals surface area contributed by atoms with E-state index >= 15 is 0 Å². The van der Waals surface area contributed by atoms with Crippen LogP contribution < -0.4 is 16.8 Å². The Morgan fingerprint density at radius 2 is 1.83 bits per heavy atom. The molecule has 7 atom stereocenters. The van der Waals surface area contributed by atoms with Gasteiger partial charge in [0.25, 0.3) is 0 Å². The average molecular weight is 561 g/mol. The lowest BCUT2D eigenvalue weighted by atomic mass is 10.1. The molecule has 11 N–H and O–H groups in total. The van der Waals surface area contributed by atoms with E-state index in [1.165, 1.54) is 17.1 Å². The van der Waals surface area contributed by atoms with Gasteiger partial charge in [-0.2, -0.15) is 8.62 Å². The number of anilines is 1. The zero-order valence-electron chi connectivity index (χ0n) is 17.4. The number of phosphoric ester groups is 1. The number of hydrogen-bond donors (Lipinski definition) is 9. The first-order chi connectivity index (χ1) is 16.1. The van der Waals surface area contributed by atoms with Gasteiger partial charge in [0.2, 0.25) is 0 Å². The minimum atomic E-state index is -5.72. The van der Waals surface area contributed by atoms with Gasteiger partial charge in [0.15, 0.2) is 6.23 Å². The minimum Gasteiger partial charge on any atom is -0.387 e. The number of nitrogens with one attached hydrogen (secondary N) is 1. The molecule has 196 valence electrons. The van der Waals surface area contributed by atoms with Crippen molar-refractivity contribution in [3.63, 3.8) is 0 Å². The maximum absolute atomic E-state index is 11.9. The predicted molar refractivity (Wildman–Crippen MR) is 115 cm³/mol. The van der Waals surface area contributed by atoms with Gasteiger partial charge in [0.05, 0.1) is 25.1 Å². The van der Waals surface area contributed by atoms with Gasteiger partial charge < -0.3 is 55.9 Å². The Morgan fingerprint density at radius 1 is 1.14 bits per heavy atom. The molecule has 2 aliphatic rings. The van der Waals surface area contributed by atoms with E-state index in [0.717, 1.165) is 0 Å². The quantitative estimate of drug-likeness (QED) is 0.125. The van der Waals surface area contributed by atoms with Gasteiger partial charge in [0, 0.05) is 11.8 Å². The second kappa shape index (κ2) is 10.5. The predicted octanol–water partition coefficient (Wildman–Crippen LogP) is -1.83. The van der Waals surface area contributed by atoms with Crippen molar-refractivity contribution in [1.82, 2.24) is 4.57 Å². The molecule has 0 amide bonds. The van der Waals surface area contributed by atoms with Crippen LogP contribution in [0.1, 0.15) is 23.5 Å². The fourth-order valence-electron chi connectivity index (χ4n) is 3.26. The van der Waals surface area contributed by atoms with E-state index in [2.05, 4.69) is 35.3 Å². The molecule has 0 spiro atoms. The van der Waals surface area contributed by atoms with Gasteiger partial charge in [-0.15, -0.1) is 0 Å². The van der Waals surface area contributed by atoms with E-state index < -0.39 is 60.8 Å². The molecule has 0 bridgehead atoms. The van der Waals surface area contributed by atoms with Gasteiger partial charge in [-0.05, 0) is 0 Å². The van der Waals surface area contributed by atoms with Crippen LogP contribution in [0.4, 0.5) is 5.82 Å². The Morgan fingerprint density at radius 3 is 2.46 bits per heavy atom. The first-order valence-corrected chi connectivity index (χ1v) is 13.9. The number of hydrogen-bond acceptors (Lipinski definition) is 13. The van der Waals surface area contributed by atoms with Crippen LogP contribution in [-0.4, -0.2) is 72.2 Å². The van der Waals surface area contributed by atoms with Crippen LogP contribution >= 0.6 is 23.5 Å². The average Bonchev–Trinajstić information content (AvgIpc) is 3.21. The summed E-state index contributed by atoms with van der Waals surface area (Å²) in [6.07, 6.45) is -4.09. The van der Waals surface area contributed by atoms with Crippen molar-refractivity contribution < 1.29 is 61.4 Å². The van der Waals surface area contributed by atoms with Crippen molar-refractivity contribution in [2.24, 2.45) is 16.5 Å². The summed E-state index contributed by atoms with van der Waals surface area (Å²) in [6, 6.07) is 0. The Balaban J connectivity index is 1.76. The molecule has 21 heteroatoms. The lowest BCUT2D eigenvalue weighted by Gasteiger charge is -2.22. The summed E-state index contributed by atoms with van der Waals surface area (Å²) in [4.78, 5) is 39.9. The Kier molecular flexibility index (Phi) is 8.41. The van der Waals surface area contributed by atoms with Crippen molar-refractivity contribution in [1.29, 1.82) is 0 Å². The maximum atomic E-state index is 11.9. The fourth-order valence-corrected chi connectivity index (χ4v) is 6.29. The molecule has 1 aromatic rings. The Labute approximate surface area is 196 Å². The highest BCUT2D eigenvalue weighted by Gasteiger charge is 2.47. The normalized spacial score (nSPS) is 29.4. The number of aliphatic imine (C=N–C) groups is 1. The third-order valence-corrected chi connectivity index (χ3v) is 8.36. The number of nitrogens with two attached hydrogens (primary N) is 2. The maximum Gasteiger partial charge on any atom is 0.490 e. The number of fused-ring (bicyclic) bond motifs is 1. The molecule has 18 nitrogen and oxygen atoms in total. The minimum absolute atomic E-state index is 0.0514. The van der Waals surface area contributed by atoms with Crippen LogP contribution in [-0.2, 0) is 31.6 Å². The number of aliphatic hydroxyl groups excluding tert-OH is 2. The Bertz CT molecular complexity index is 1190. The van der Waals surface area contributed by atoms with Gasteiger partial charge in [-0.25, -0.2) is 13.7 Å². The topological polar surface area (TPSA) is 291 Å². The third-order valence-electron chi connectivity index (χ3n) is 4.56. The second-order valence-electron chi connectivity index (χ2n) is 7.02. The molecule has 0 saturated carbocycles. The van der Waals surface area contributed by atoms with E-state index in [0.29, 0.717) is 16.9 Å². The summed E-state index contributed by atoms with van der Waals surface area (Å²) in [5, 5.41) is 23.7. The van der Waals surface area contributed by atoms with Gasteiger partial charge in [-0.3, -0.25) is 9.52 Å². The highest BCUT2D eigenvalue weighted by molar-refractivity contribution is 7.66. The summed E-state index contributed by atoms with van der Waals surface area (Å²) in [5.74, 6) is 5.80. The number of aliphatic hydroxyl groups is 2. The Hall–Kier alpha value is -1.48. The number of aromatic nitrogens is 1. The third kappa shape index (κ3) is 6.85. The second-order valence-corrected chi connectivity index (χ2v) is 11.4. The lowest BCUT2D eigenvalue weighted by molar-refractivity contribution is -0.0508. The lowest BCUT2D eigenvalue weighted by Crippen LogP contribution is -2.33. The summed E-state index contributed by atoms with van der Waals surface area (Å²) in [6.45, 7) is -0.911. The molecule has 0 aromatic carbocycles. The van der Waals surface area contributed by atoms with Crippen molar-refractivity contribution >= 4 is 35.6 Å². The molecule has 1 fully saturated rings. The first kappa shape index (κ1) is 28.1. The van der Waals surface area contributed by atoms with E-state index in [1.807, 2.05) is 0 Å². The largest absolute Gasteiger partial charge is 0.490 e. The molecule has 35 heavy (non-hydrogen) atoms. The van der Waals surface area contributed by atoms with Crippen LogP contribution in [0.15, 0.2) is 11.2 Å². The van der Waals surface area contributed by atoms with Crippen molar-refractivity contribution in [3.8, 4) is 11.8 Å². The molecular weight excluding hydrogens is 539 g/mol. The zero-order chi connectivity index (χ0) is 26.2. The van der Waals surface area contributed by atoms with E-state index in [4.69, 9.17) is 26.0 Å². The number of nitrogens with zero attached hydrogens (tertiary/aromatic N) is 2. The van der Waals surface area contributed by atoms with Crippen molar-refractivity contribution in [2.75, 3.05) is 18.5 Å². The summed E-state index contributed by atoms with van der Waals surface area (Å²) in [5.41, 5.74) is 12.3. The highest BCUT2D eigenvalue weighted by Crippen LogP contribution is 2.66. The van der Waals surface area contributed by atoms with Crippen LogP contribution in [0.2, 0.25) is 0 Å². The van der Waals surface area contributed by atoms with Gasteiger partial charge >= 0.3 is 23.5 Å². The number of ether oxygens (including phenoxy) is 1. The van der Waals surface area contributed by atoms with Crippen LogP contribution in [0.25, 0.3) is 0 Å². The standard InChI is InChI=1S/C14H22N5O13P3/c15-3-1-2-7-4-19(13-9(7)12(16)17-6-18-13)14-11(21)10(20)8(30-14)5-29-34(25,26)32-35(27,28)31-33(22,23)24/h4,6,8,10-12,14,20-21H,3,5,15-16H2,(H,17,18)(H,25,26)(H,27,28)(H2,22,23,24)/t8-,10?,11?,12?,14-/m1/s1. The number of phosphoric acid groups is 3. The smallest absolute Gasteiger partial charge is 0.387 e. The summed E-state index contributed by atoms with van der Waals surface area (Å²) in [7, 11) is -16.7. The van der Waals surface area contributed by atoms with Gasteiger partial charge in [0.1, 0.15) is 30.3 Å². The van der Waals surface area contributed by atoms with E-state index in [1.54, 1.807) is 0 Å². The first-order valence-electron chi connectivity index (χ1n) is 9.41. The van der Waals surface area contributed by atoms with Crippen LogP contribution in [0.5, 0.6) is 0 Å². The van der Waals surface area contributed by atoms with Gasteiger partial charge in [-0.1, -0.05) is 11.8 Å². The molecule has 0 aliphatic carbocycles. The monoisotopic (exact) mass is 561 g/mol. The molecule has 1 aromatic heterocycles. The van der Waals surface area contributed by atoms with Crippen LogP contribution in [0, 0.1) is 11.8 Å². The van der Waals surface area contributed by atoms with Crippen molar-refractivity contribution in [3.05, 3.63) is 17.3 Å². The molecule has 1 saturated heterocycles. The summed E-state index contributed by atoms with van der Waals surface area (Å²) >= 11 is 0. The fraction of sp³-hybridized carbons (Fsp3) is 0.500. The molecule has 2 aliphatic heterocycles. The zero-order valence-corrected chi connectivity index (χ0v) is 20.1. The molecular formula is C14H22N5O13P3. The summed E-state index contributed by atoms with van der Waals surface area (Å²) < 4.78 is 52.6. The number of rotatable bonds is 8. The van der Waals surface area contributed by atoms with Crippen LogP contribution in [0.3, 0.4) is 0 Å². The van der Waals surface area contributed by atoms with E-state index in [-0.39, 0.29) is 6.54 Å². The molecule has 3 heterocycles. The molecule has 0 radical (unpaired) electrons. The van der Waals surface area contributed by atoms with E-state index in [9.17, 15) is 33.7 Å². The molecule has 3 rings (SSSR count). The molecule has 5 unspecified atom stereocenters. The SMILES string of the molecule is NCC#Cc1cn([C@@H]2O[C@H](COP(=O)(O)OP(=O)(O)OP(=O)(O)O)C(O)C2O)c2c1C(N)N=CN2. The highest BCUT2D eigenvalue weighted by atomic mass is 31.3. The van der Waals surface area contributed by atoms with Crippen molar-refractivity contribution in [2.45, 2.75) is 30.7 Å².